The van der Waals surface area contributed by atoms with E-state index in [4.69, 9.17) is 35.4 Å². The van der Waals surface area contributed by atoms with E-state index in [9.17, 15) is 14.0 Å². The van der Waals surface area contributed by atoms with Crippen LogP contribution in [0.5, 0.6) is 0 Å². The van der Waals surface area contributed by atoms with Crippen LogP contribution in [0.25, 0.3) is 22.4 Å². The van der Waals surface area contributed by atoms with Gasteiger partial charge in [0.15, 0.2) is 11.6 Å². The summed E-state index contributed by atoms with van der Waals surface area (Å²) in [6.45, 7) is 3.09. The zero-order valence-electron chi connectivity index (χ0n) is 18.9. The van der Waals surface area contributed by atoms with E-state index in [0.717, 1.165) is 0 Å². The summed E-state index contributed by atoms with van der Waals surface area (Å²) in [5.74, 6) is -0.709. The first-order chi connectivity index (χ1) is 16.6. The summed E-state index contributed by atoms with van der Waals surface area (Å²) in [4.78, 5) is 28.1. The number of H-pyrrole nitrogens is 1. The van der Waals surface area contributed by atoms with E-state index < -0.39 is 5.82 Å². The lowest BCUT2D eigenvalue weighted by molar-refractivity contribution is 0.0990. The van der Waals surface area contributed by atoms with Gasteiger partial charge in [-0.05, 0) is 67.4 Å². The smallest absolute Gasteiger partial charge is 0.167 e. The van der Waals surface area contributed by atoms with Gasteiger partial charge in [-0.15, -0.1) is 0 Å². The molecule has 4 aromatic rings. The largest absolute Gasteiger partial charge is 0.346 e. The number of nitrogens with one attached hydrogen (secondary N) is 1. The van der Waals surface area contributed by atoms with Crippen molar-refractivity contribution in [3.8, 4) is 22.4 Å². The van der Waals surface area contributed by atoms with Crippen molar-refractivity contribution in [3.05, 3.63) is 109 Å². The number of carbonyl (C=O) groups is 2. The lowest BCUT2D eigenvalue weighted by Crippen LogP contribution is -2.06. The summed E-state index contributed by atoms with van der Waals surface area (Å²) in [5, 5.41) is 0.856. The van der Waals surface area contributed by atoms with Crippen molar-refractivity contribution >= 4 is 47.0 Å². The topological polar surface area (TPSA) is 49.9 Å². The van der Waals surface area contributed by atoms with Crippen LogP contribution < -0.4 is 0 Å². The third-order valence-corrected chi connectivity index (χ3v) is 6.56. The van der Waals surface area contributed by atoms with E-state index in [1.54, 1.807) is 67.6 Å². The zero-order valence-corrected chi connectivity index (χ0v) is 21.2. The van der Waals surface area contributed by atoms with Gasteiger partial charge in [-0.1, -0.05) is 59.7 Å². The van der Waals surface area contributed by atoms with Crippen LogP contribution in [0.2, 0.25) is 10.0 Å². The van der Waals surface area contributed by atoms with Gasteiger partial charge in [-0.2, -0.15) is 0 Å². The number of carbonyl (C=O) groups excluding carboxylic acids is 2. The third kappa shape index (κ3) is 5.43. The van der Waals surface area contributed by atoms with Crippen molar-refractivity contribution in [3.63, 3.8) is 0 Å². The quantitative estimate of drug-likeness (QED) is 0.203. The van der Waals surface area contributed by atoms with Gasteiger partial charge in [-0.25, -0.2) is 4.39 Å². The summed E-state index contributed by atoms with van der Waals surface area (Å²) in [6, 6.07) is 18.5. The van der Waals surface area contributed by atoms with Gasteiger partial charge >= 0.3 is 0 Å². The number of rotatable bonds is 6. The summed E-state index contributed by atoms with van der Waals surface area (Å²) < 4.78 is 15.3. The van der Waals surface area contributed by atoms with Crippen molar-refractivity contribution < 1.29 is 14.0 Å². The molecule has 3 aromatic carbocycles. The van der Waals surface area contributed by atoms with Crippen LogP contribution in [-0.4, -0.2) is 16.6 Å². The Balaban J connectivity index is 1.70. The highest BCUT2D eigenvalue weighted by atomic mass is 35.5. The van der Waals surface area contributed by atoms with Crippen LogP contribution in [0.15, 0.2) is 66.7 Å². The Morgan fingerprint density at radius 3 is 2.31 bits per heavy atom. The number of aryl methyl sites for hydroxylation is 1. The molecule has 0 saturated heterocycles. The highest BCUT2D eigenvalue weighted by Gasteiger charge is 2.17. The average Bonchev–Trinajstić information content (AvgIpc) is 2.82. The molecule has 0 aliphatic rings. The molecule has 1 N–H and O–H groups in total. The van der Waals surface area contributed by atoms with E-state index in [2.05, 4.69) is 4.98 Å². The second kappa shape index (κ2) is 10.2. The Hall–Kier alpha value is -3.12. The molecule has 0 unspecified atom stereocenters. The van der Waals surface area contributed by atoms with Gasteiger partial charge in [0.25, 0.3) is 0 Å². The number of hydrogen-bond acceptors (Lipinski definition) is 3. The van der Waals surface area contributed by atoms with Crippen LogP contribution in [0, 0.1) is 17.4 Å². The van der Waals surface area contributed by atoms with Crippen LogP contribution in [0.4, 0.5) is 4.39 Å². The molecule has 0 amide bonds. The molecular weight excluding hydrogens is 504 g/mol. The van der Waals surface area contributed by atoms with Gasteiger partial charge in [0, 0.05) is 50.0 Å². The first-order valence-corrected chi connectivity index (χ1v) is 11.9. The average molecular weight is 524 g/mol. The Morgan fingerprint density at radius 1 is 0.886 bits per heavy atom. The minimum Gasteiger partial charge on any atom is -0.346 e. The molecule has 1 heterocycles. The van der Waals surface area contributed by atoms with Crippen molar-refractivity contribution in [2.24, 2.45) is 0 Å². The molecule has 0 aliphatic carbocycles. The van der Waals surface area contributed by atoms with Crippen LogP contribution in [0.3, 0.4) is 0 Å². The molecule has 0 aliphatic heterocycles. The van der Waals surface area contributed by atoms with Crippen molar-refractivity contribution in [2.45, 2.75) is 20.3 Å². The first kappa shape index (κ1) is 25.0. The first-order valence-electron chi connectivity index (χ1n) is 10.8. The molecule has 0 radical (unpaired) electrons. The Labute approximate surface area is 217 Å². The highest BCUT2D eigenvalue weighted by Crippen LogP contribution is 2.33. The molecular formula is C28H20Cl2FNO2S. The van der Waals surface area contributed by atoms with Gasteiger partial charge in [0.05, 0.1) is 0 Å². The van der Waals surface area contributed by atoms with Crippen LogP contribution in [-0.2, 0) is 6.42 Å². The van der Waals surface area contributed by atoms with Gasteiger partial charge in [0.2, 0.25) is 0 Å². The molecule has 0 saturated carbocycles. The second-order valence-electron chi connectivity index (χ2n) is 8.25. The predicted molar refractivity (Wildman–Crippen MR) is 142 cm³/mol. The Bertz CT molecular complexity index is 1540. The Kier molecular flexibility index (Phi) is 7.31. The summed E-state index contributed by atoms with van der Waals surface area (Å²) in [5.41, 5.74) is 3.94. The van der Waals surface area contributed by atoms with Crippen molar-refractivity contribution in [1.82, 2.24) is 4.98 Å². The van der Waals surface area contributed by atoms with E-state index in [-0.39, 0.29) is 23.6 Å². The predicted octanol–water partition coefficient (Wildman–Crippen LogP) is 8.46. The minimum atomic E-state index is -0.413. The number of Topliss-reactive ketones (excluding diaryl/α,β-unsaturated/α-hetero) is 2. The van der Waals surface area contributed by atoms with E-state index in [1.807, 2.05) is 0 Å². The normalized spacial score (nSPS) is 10.9. The molecule has 0 bridgehead atoms. The fraction of sp³-hybridized carbons (Fsp3) is 0.107. The number of benzene rings is 3. The number of pyridine rings is 1. The van der Waals surface area contributed by atoms with Crippen molar-refractivity contribution in [1.29, 1.82) is 0 Å². The standard InChI is InChI=1S/C28H20Cl2FNO2S/c1-15-9-19(12-21(28(15)31)20-5-3-4-6-23(20)29)26(34)11-17-7-8-24(30)22(10-17)25-13-18(16(2)33)14-27(35)32-25/h3-10,12-14H,11H2,1-2H3,(H,32,35). The maximum absolute atomic E-state index is 14.9. The van der Waals surface area contributed by atoms with E-state index >= 15 is 0 Å². The van der Waals surface area contributed by atoms with Gasteiger partial charge in [-0.3, -0.25) is 9.59 Å². The molecule has 176 valence electrons. The fourth-order valence-electron chi connectivity index (χ4n) is 3.87. The maximum atomic E-state index is 14.9. The number of hydrogen-bond donors (Lipinski definition) is 1. The maximum Gasteiger partial charge on any atom is 0.167 e. The number of aromatic nitrogens is 1. The van der Waals surface area contributed by atoms with E-state index in [0.29, 0.717) is 53.8 Å². The summed E-state index contributed by atoms with van der Waals surface area (Å²) in [7, 11) is 0. The van der Waals surface area contributed by atoms with Gasteiger partial charge < -0.3 is 4.98 Å². The molecule has 3 nitrogen and oxygen atoms in total. The molecule has 7 heteroatoms. The van der Waals surface area contributed by atoms with Crippen molar-refractivity contribution in [2.75, 3.05) is 0 Å². The number of aromatic amines is 1. The Morgan fingerprint density at radius 2 is 1.60 bits per heavy atom. The summed E-state index contributed by atoms with van der Waals surface area (Å²) >= 11 is 18.0. The molecule has 1 aromatic heterocycles. The SMILES string of the molecule is CC(=O)c1cc(-c2cc(CC(=O)c3cc(C)c(F)c(-c4ccccc4Cl)c3)ccc2Cl)[nH]c(=S)c1. The minimum absolute atomic E-state index is 0.0737. The number of halogens is 3. The zero-order chi connectivity index (χ0) is 25.3. The molecule has 4 rings (SSSR count). The third-order valence-electron chi connectivity index (χ3n) is 5.68. The molecule has 0 spiro atoms. The lowest BCUT2D eigenvalue weighted by Gasteiger charge is -2.12. The van der Waals surface area contributed by atoms with Crippen LogP contribution >= 0.6 is 35.4 Å². The summed E-state index contributed by atoms with van der Waals surface area (Å²) in [6.07, 6.45) is 0.0737. The highest BCUT2D eigenvalue weighted by molar-refractivity contribution is 7.71. The van der Waals surface area contributed by atoms with Gasteiger partial charge in [0.1, 0.15) is 10.5 Å². The number of ketones is 2. The lowest BCUT2D eigenvalue weighted by atomic mass is 9.94. The monoisotopic (exact) mass is 523 g/mol. The molecule has 0 atom stereocenters. The van der Waals surface area contributed by atoms with E-state index in [1.165, 1.54) is 13.0 Å². The molecule has 35 heavy (non-hydrogen) atoms. The van der Waals surface area contributed by atoms with Crippen LogP contribution in [0.1, 0.15) is 38.8 Å². The molecule has 0 fully saturated rings. The fourth-order valence-corrected chi connectivity index (χ4v) is 4.57. The second-order valence-corrected chi connectivity index (χ2v) is 9.51.